The Kier molecular flexibility index (Phi) is 8.03. The number of ether oxygens (including phenoxy) is 2. The number of amides is 1. The first-order chi connectivity index (χ1) is 15.7. The standard InChI is InChI=1S/C21H22ClN3O7S/c1-2-32-19-7-5-16(14-20(19)33(29,30)24-9-11-31-12-10-24)23-21(26)8-4-15-3-6-17(22)18(13-15)25(27)28/h3-8,13-14H,2,9-12H2,1H3,(H,23,26)/b8-4+. The summed E-state index contributed by atoms with van der Waals surface area (Å²) in [5, 5.41) is 13.6. The molecule has 0 saturated carbocycles. The minimum absolute atomic E-state index is 0.00926. The van der Waals surface area contributed by atoms with Gasteiger partial charge in [0.15, 0.2) is 0 Å². The molecule has 0 radical (unpaired) electrons. The molecule has 0 spiro atoms. The molecule has 1 saturated heterocycles. The second kappa shape index (κ2) is 10.8. The molecule has 2 aromatic carbocycles. The van der Waals surface area contributed by atoms with Gasteiger partial charge in [-0.15, -0.1) is 0 Å². The fourth-order valence-electron chi connectivity index (χ4n) is 3.12. The molecule has 12 heteroatoms. The Labute approximate surface area is 195 Å². The van der Waals surface area contributed by atoms with Gasteiger partial charge in [-0.3, -0.25) is 14.9 Å². The van der Waals surface area contributed by atoms with Gasteiger partial charge in [-0.25, -0.2) is 8.42 Å². The number of carbonyl (C=O) groups is 1. The van der Waals surface area contributed by atoms with Crippen molar-refractivity contribution in [2.24, 2.45) is 0 Å². The van der Waals surface area contributed by atoms with Crippen LogP contribution in [-0.4, -0.2) is 56.5 Å². The van der Waals surface area contributed by atoms with Crippen molar-refractivity contribution in [1.82, 2.24) is 4.31 Å². The van der Waals surface area contributed by atoms with Crippen LogP contribution in [0.15, 0.2) is 47.4 Å². The third kappa shape index (κ3) is 6.08. The van der Waals surface area contributed by atoms with E-state index in [0.29, 0.717) is 18.8 Å². The number of anilines is 1. The second-order valence-electron chi connectivity index (χ2n) is 6.90. The zero-order valence-corrected chi connectivity index (χ0v) is 19.3. The number of nitro benzene ring substituents is 1. The largest absolute Gasteiger partial charge is 0.492 e. The van der Waals surface area contributed by atoms with Crippen LogP contribution in [0.5, 0.6) is 5.75 Å². The molecule has 0 aliphatic carbocycles. The highest BCUT2D eigenvalue weighted by molar-refractivity contribution is 7.89. The van der Waals surface area contributed by atoms with Gasteiger partial charge in [0.2, 0.25) is 15.9 Å². The number of nitro groups is 1. The lowest BCUT2D eigenvalue weighted by Gasteiger charge is -2.27. The van der Waals surface area contributed by atoms with Crippen LogP contribution < -0.4 is 10.1 Å². The van der Waals surface area contributed by atoms with E-state index in [1.54, 1.807) is 6.92 Å². The Morgan fingerprint density at radius 3 is 2.67 bits per heavy atom. The van der Waals surface area contributed by atoms with Crippen LogP contribution >= 0.6 is 11.6 Å². The van der Waals surface area contributed by atoms with Crippen molar-refractivity contribution in [2.45, 2.75) is 11.8 Å². The van der Waals surface area contributed by atoms with Crippen LogP contribution in [0.4, 0.5) is 11.4 Å². The Hall–Kier alpha value is -2.99. The smallest absolute Gasteiger partial charge is 0.288 e. The van der Waals surface area contributed by atoms with Crippen molar-refractivity contribution in [3.05, 3.63) is 63.2 Å². The summed E-state index contributed by atoms with van der Waals surface area (Å²) in [5.41, 5.74) is 0.384. The first kappa shape index (κ1) is 24.6. The van der Waals surface area contributed by atoms with Crippen molar-refractivity contribution in [3.63, 3.8) is 0 Å². The zero-order valence-electron chi connectivity index (χ0n) is 17.7. The van der Waals surface area contributed by atoms with E-state index in [0.717, 1.165) is 0 Å². The van der Waals surface area contributed by atoms with Gasteiger partial charge in [0.25, 0.3) is 5.69 Å². The molecule has 176 valence electrons. The summed E-state index contributed by atoms with van der Waals surface area (Å²) in [6.07, 6.45) is 2.57. The first-order valence-corrected chi connectivity index (χ1v) is 11.8. The molecule has 33 heavy (non-hydrogen) atoms. The Morgan fingerprint density at radius 2 is 2.00 bits per heavy atom. The number of nitrogens with one attached hydrogen (secondary N) is 1. The van der Waals surface area contributed by atoms with Crippen molar-refractivity contribution in [2.75, 3.05) is 38.2 Å². The molecule has 0 bridgehead atoms. The van der Waals surface area contributed by atoms with Crippen LogP contribution in [-0.2, 0) is 19.6 Å². The van der Waals surface area contributed by atoms with Crippen LogP contribution in [0.2, 0.25) is 5.02 Å². The summed E-state index contributed by atoms with van der Waals surface area (Å²) in [6.45, 7) is 3.06. The molecule has 3 rings (SSSR count). The third-order valence-corrected chi connectivity index (χ3v) is 6.93. The number of hydrogen-bond donors (Lipinski definition) is 1. The molecule has 1 N–H and O–H groups in total. The number of halogens is 1. The van der Waals surface area contributed by atoms with Gasteiger partial charge < -0.3 is 14.8 Å². The molecule has 10 nitrogen and oxygen atoms in total. The predicted octanol–water partition coefficient (Wildman–Crippen LogP) is 3.32. The monoisotopic (exact) mass is 495 g/mol. The van der Waals surface area contributed by atoms with Gasteiger partial charge in [-0.1, -0.05) is 17.7 Å². The maximum atomic E-state index is 13.1. The van der Waals surface area contributed by atoms with Crippen LogP contribution in [0.3, 0.4) is 0 Å². The lowest BCUT2D eigenvalue weighted by molar-refractivity contribution is -0.384. The molecule has 0 aromatic heterocycles. The SMILES string of the molecule is CCOc1ccc(NC(=O)/C=C/c2ccc(Cl)c([N+](=O)[O-])c2)cc1S(=O)(=O)N1CCOCC1. The van der Waals surface area contributed by atoms with Gasteiger partial charge in [0.05, 0.1) is 24.7 Å². The highest BCUT2D eigenvalue weighted by Gasteiger charge is 2.29. The van der Waals surface area contributed by atoms with Gasteiger partial charge in [-0.2, -0.15) is 4.31 Å². The molecule has 1 heterocycles. The molecule has 0 unspecified atom stereocenters. The minimum Gasteiger partial charge on any atom is -0.492 e. The van der Waals surface area contributed by atoms with Crippen LogP contribution in [0.1, 0.15) is 12.5 Å². The average molecular weight is 496 g/mol. The Balaban J connectivity index is 1.81. The molecule has 1 amide bonds. The molecular formula is C21H22ClN3O7S. The van der Waals surface area contributed by atoms with Crippen molar-refractivity contribution >= 4 is 45.0 Å². The predicted molar refractivity (Wildman–Crippen MR) is 123 cm³/mol. The average Bonchev–Trinajstić information content (AvgIpc) is 2.80. The molecule has 0 atom stereocenters. The number of benzene rings is 2. The number of morpholine rings is 1. The maximum Gasteiger partial charge on any atom is 0.288 e. The quantitative estimate of drug-likeness (QED) is 0.338. The van der Waals surface area contributed by atoms with E-state index in [4.69, 9.17) is 21.1 Å². The van der Waals surface area contributed by atoms with Gasteiger partial charge in [-0.05, 0) is 42.8 Å². The lowest BCUT2D eigenvalue weighted by atomic mass is 10.2. The number of rotatable bonds is 8. The van der Waals surface area contributed by atoms with Crippen molar-refractivity contribution in [1.29, 1.82) is 0 Å². The normalized spacial score (nSPS) is 14.8. The summed E-state index contributed by atoms with van der Waals surface area (Å²) < 4.78 is 38.3. The van der Waals surface area contributed by atoms with Gasteiger partial charge in [0.1, 0.15) is 15.7 Å². The number of nitrogens with zero attached hydrogens (tertiary/aromatic N) is 2. The molecule has 1 aliphatic heterocycles. The fraction of sp³-hybridized carbons (Fsp3) is 0.286. The first-order valence-electron chi connectivity index (χ1n) is 10.00. The Bertz CT molecular complexity index is 1180. The van der Waals surface area contributed by atoms with Crippen LogP contribution in [0.25, 0.3) is 6.08 Å². The van der Waals surface area contributed by atoms with Crippen LogP contribution in [0, 0.1) is 10.1 Å². The van der Waals surface area contributed by atoms with Crippen molar-refractivity contribution < 1.29 is 27.6 Å². The van der Waals surface area contributed by atoms with Gasteiger partial charge >= 0.3 is 0 Å². The van der Waals surface area contributed by atoms with E-state index in [-0.39, 0.29) is 46.7 Å². The van der Waals surface area contributed by atoms with Crippen molar-refractivity contribution in [3.8, 4) is 5.75 Å². The molecule has 1 fully saturated rings. The van der Waals surface area contributed by atoms with E-state index in [9.17, 15) is 23.3 Å². The van der Waals surface area contributed by atoms with E-state index in [1.165, 1.54) is 52.9 Å². The Morgan fingerprint density at radius 1 is 1.27 bits per heavy atom. The van der Waals surface area contributed by atoms with E-state index in [2.05, 4.69) is 5.32 Å². The minimum atomic E-state index is -3.86. The molecule has 2 aromatic rings. The highest BCUT2D eigenvalue weighted by Crippen LogP contribution is 2.31. The number of hydrogen-bond acceptors (Lipinski definition) is 7. The number of sulfonamides is 1. The maximum absolute atomic E-state index is 13.1. The summed E-state index contributed by atoms with van der Waals surface area (Å²) in [6, 6.07) is 8.50. The van der Waals surface area contributed by atoms with E-state index >= 15 is 0 Å². The van der Waals surface area contributed by atoms with E-state index in [1.807, 2.05) is 0 Å². The molecule has 1 aliphatic rings. The lowest BCUT2D eigenvalue weighted by Crippen LogP contribution is -2.40. The third-order valence-electron chi connectivity index (χ3n) is 4.69. The summed E-state index contributed by atoms with van der Waals surface area (Å²) in [7, 11) is -3.86. The zero-order chi connectivity index (χ0) is 24.0. The molecular weight excluding hydrogens is 474 g/mol. The summed E-state index contributed by atoms with van der Waals surface area (Å²) in [5.74, 6) is -0.363. The topological polar surface area (TPSA) is 128 Å². The van der Waals surface area contributed by atoms with E-state index < -0.39 is 20.9 Å². The fourth-order valence-corrected chi connectivity index (χ4v) is 4.87. The highest BCUT2D eigenvalue weighted by atomic mass is 35.5. The number of carbonyl (C=O) groups excluding carboxylic acids is 1. The summed E-state index contributed by atoms with van der Waals surface area (Å²) >= 11 is 5.79. The van der Waals surface area contributed by atoms with Gasteiger partial charge in [0, 0.05) is 30.9 Å². The second-order valence-corrected chi connectivity index (χ2v) is 9.22. The summed E-state index contributed by atoms with van der Waals surface area (Å²) in [4.78, 5) is 22.7.